The molecule has 1 aromatic heterocycles. The Bertz CT molecular complexity index is 1380. The smallest absolute Gasteiger partial charge is 0.243 e. The van der Waals surface area contributed by atoms with Crippen LogP contribution in [0.4, 0.5) is 4.39 Å². The summed E-state index contributed by atoms with van der Waals surface area (Å²) in [4.78, 5) is 33.1. The van der Waals surface area contributed by atoms with Crippen LogP contribution in [0.5, 0.6) is 0 Å². The Kier molecular flexibility index (Phi) is 6.81. The molecule has 192 valence electrons. The Labute approximate surface area is 226 Å². The number of amides is 2. The molecule has 1 aliphatic carbocycles. The number of hydrogen-bond acceptors (Lipinski definition) is 3. The molecule has 4 aromatic rings. The molecule has 1 aliphatic heterocycles. The standard InChI is InChI=1S/C32H29FN2O2S/c33-25-13-11-24(12-14-25)31-27-18-20-38-28(27)17-19-34(31)29(36)21-35(26-15-16-26)32(37)30(22-7-3-1-4-8-22)23-9-5-2-6-10-23/h1-14,18,20,26,30-31H,15-17,19,21H2. The summed E-state index contributed by atoms with van der Waals surface area (Å²) in [5.41, 5.74) is 3.82. The van der Waals surface area contributed by atoms with E-state index in [2.05, 4.69) is 11.4 Å². The zero-order valence-corrected chi connectivity index (χ0v) is 21.8. The number of carbonyl (C=O) groups is 2. The summed E-state index contributed by atoms with van der Waals surface area (Å²) in [7, 11) is 0. The van der Waals surface area contributed by atoms with Crippen molar-refractivity contribution in [2.75, 3.05) is 13.1 Å². The topological polar surface area (TPSA) is 40.6 Å². The van der Waals surface area contributed by atoms with Crippen LogP contribution in [-0.2, 0) is 16.0 Å². The Hall–Kier alpha value is -3.77. The normalized spacial score (nSPS) is 16.8. The van der Waals surface area contributed by atoms with E-state index in [1.54, 1.807) is 28.4 Å². The number of thiophene rings is 1. The number of rotatable bonds is 7. The van der Waals surface area contributed by atoms with Gasteiger partial charge in [0.05, 0.1) is 12.0 Å². The van der Waals surface area contributed by atoms with Crippen LogP contribution in [0.2, 0.25) is 0 Å². The van der Waals surface area contributed by atoms with Gasteiger partial charge in [-0.05, 0) is 65.1 Å². The molecule has 2 heterocycles. The summed E-state index contributed by atoms with van der Waals surface area (Å²) in [5.74, 6) is -0.879. The van der Waals surface area contributed by atoms with Gasteiger partial charge in [-0.1, -0.05) is 72.8 Å². The third kappa shape index (κ3) is 4.88. The second-order valence-electron chi connectivity index (χ2n) is 10.0. The van der Waals surface area contributed by atoms with Crippen LogP contribution in [0.15, 0.2) is 96.4 Å². The number of carbonyl (C=O) groups excluding carboxylic acids is 2. The van der Waals surface area contributed by atoms with Crippen molar-refractivity contribution in [2.24, 2.45) is 0 Å². The van der Waals surface area contributed by atoms with E-state index < -0.39 is 5.92 Å². The van der Waals surface area contributed by atoms with Gasteiger partial charge in [-0.15, -0.1) is 11.3 Å². The maximum Gasteiger partial charge on any atom is 0.243 e. The Morgan fingerprint density at radius 1 is 0.895 bits per heavy atom. The fraction of sp³-hybridized carbons (Fsp3) is 0.250. The van der Waals surface area contributed by atoms with Gasteiger partial charge in [-0.2, -0.15) is 0 Å². The van der Waals surface area contributed by atoms with Crippen LogP contribution in [-0.4, -0.2) is 40.7 Å². The lowest BCUT2D eigenvalue weighted by molar-refractivity contribution is -0.142. The molecule has 4 nitrogen and oxygen atoms in total. The first-order chi connectivity index (χ1) is 18.6. The first-order valence-corrected chi connectivity index (χ1v) is 14.0. The van der Waals surface area contributed by atoms with E-state index in [1.165, 1.54) is 17.0 Å². The molecule has 0 spiro atoms. The summed E-state index contributed by atoms with van der Waals surface area (Å²) >= 11 is 1.70. The van der Waals surface area contributed by atoms with Crippen molar-refractivity contribution < 1.29 is 14.0 Å². The quantitative estimate of drug-likeness (QED) is 0.290. The van der Waals surface area contributed by atoms with Gasteiger partial charge in [-0.25, -0.2) is 4.39 Å². The highest BCUT2D eigenvalue weighted by molar-refractivity contribution is 7.10. The van der Waals surface area contributed by atoms with Crippen LogP contribution in [0, 0.1) is 5.82 Å². The van der Waals surface area contributed by atoms with Gasteiger partial charge < -0.3 is 9.80 Å². The Morgan fingerprint density at radius 2 is 1.53 bits per heavy atom. The van der Waals surface area contributed by atoms with Crippen molar-refractivity contribution in [3.8, 4) is 0 Å². The van der Waals surface area contributed by atoms with Gasteiger partial charge >= 0.3 is 0 Å². The number of hydrogen-bond donors (Lipinski definition) is 0. The number of fused-ring (bicyclic) bond motifs is 1. The minimum atomic E-state index is -0.469. The maximum absolute atomic E-state index is 14.2. The predicted molar refractivity (Wildman–Crippen MR) is 147 cm³/mol. The number of halogens is 1. The maximum atomic E-state index is 14.2. The minimum absolute atomic E-state index is 0.0372. The van der Waals surface area contributed by atoms with Crippen LogP contribution >= 0.6 is 11.3 Å². The van der Waals surface area contributed by atoms with Crippen LogP contribution < -0.4 is 0 Å². The molecule has 6 rings (SSSR count). The Morgan fingerprint density at radius 3 is 2.13 bits per heavy atom. The van der Waals surface area contributed by atoms with E-state index in [1.807, 2.05) is 65.6 Å². The van der Waals surface area contributed by atoms with Gasteiger partial charge in [-0.3, -0.25) is 9.59 Å². The third-order valence-electron chi connectivity index (χ3n) is 7.56. The molecule has 1 fully saturated rings. The van der Waals surface area contributed by atoms with E-state index in [-0.39, 0.29) is 36.3 Å². The molecule has 6 heteroatoms. The summed E-state index contributed by atoms with van der Waals surface area (Å²) in [6.07, 6.45) is 2.60. The minimum Gasteiger partial charge on any atom is -0.330 e. The lowest BCUT2D eigenvalue weighted by Gasteiger charge is -2.38. The molecule has 0 radical (unpaired) electrons. The molecule has 1 unspecified atom stereocenters. The first-order valence-electron chi connectivity index (χ1n) is 13.1. The second kappa shape index (κ2) is 10.5. The molecular weight excluding hydrogens is 495 g/mol. The second-order valence-corrected chi connectivity index (χ2v) is 11.0. The highest BCUT2D eigenvalue weighted by atomic mass is 32.1. The molecule has 0 bridgehead atoms. The summed E-state index contributed by atoms with van der Waals surface area (Å²) in [6.45, 7) is 0.610. The van der Waals surface area contributed by atoms with E-state index in [9.17, 15) is 14.0 Å². The fourth-order valence-electron chi connectivity index (χ4n) is 5.53. The molecule has 2 aliphatic rings. The zero-order valence-electron chi connectivity index (χ0n) is 21.0. The van der Waals surface area contributed by atoms with Gasteiger partial charge in [0.15, 0.2) is 0 Å². The van der Waals surface area contributed by atoms with Gasteiger partial charge in [0, 0.05) is 17.5 Å². The van der Waals surface area contributed by atoms with Gasteiger partial charge in [0.25, 0.3) is 0 Å². The van der Waals surface area contributed by atoms with Crippen molar-refractivity contribution in [1.29, 1.82) is 0 Å². The highest BCUT2D eigenvalue weighted by Gasteiger charge is 2.40. The van der Waals surface area contributed by atoms with E-state index in [0.29, 0.717) is 6.54 Å². The highest BCUT2D eigenvalue weighted by Crippen LogP contribution is 2.39. The number of nitrogens with zero attached hydrogens (tertiary/aromatic N) is 2. The predicted octanol–water partition coefficient (Wildman–Crippen LogP) is 6.18. The lowest BCUT2D eigenvalue weighted by atomic mass is 9.89. The van der Waals surface area contributed by atoms with Crippen LogP contribution in [0.1, 0.15) is 51.9 Å². The van der Waals surface area contributed by atoms with E-state index in [4.69, 9.17) is 0 Å². The average molecular weight is 525 g/mol. The first kappa shape index (κ1) is 24.6. The molecule has 1 atom stereocenters. The monoisotopic (exact) mass is 524 g/mol. The Balaban J connectivity index is 1.31. The third-order valence-corrected chi connectivity index (χ3v) is 8.56. The van der Waals surface area contributed by atoms with Crippen molar-refractivity contribution >= 4 is 23.2 Å². The average Bonchev–Trinajstić information content (AvgIpc) is 3.68. The van der Waals surface area contributed by atoms with Crippen LogP contribution in [0.3, 0.4) is 0 Å². The molecule has 38 heavy (non-hydrogen) atoms. The summed E-state index contributed by atoms with van der Waals surface area (Å²) in [5, 5.41) is 2.06. The molecule has 1 saturated carbocycles. The van der Waals surface area contributed by atoms with Gasteiger partial charge in [0.2, 0.25) is 11.8 Å². The van der Waals surface area contributed by atoms with Crippen molar-refractivity contribution in [3.63, 3.8) is 0 Å². The van der Waals surface area contributed by atoms with Crippen molar-refractivity contribution in [3.05, 3.63) is 129 Å². The zero-order chi connectivity index (χ0) is 26.1. The lowest BCUT2D eigenvalue weighted by Crippen LogP contribution is -2.48. The van der Waals surface area contributed by atoms with E-state index >= 15 is 0 Å². The molecule has 0 saturated heterocycles. The molecule has 0 N–H and O–H groups in total. The summed E-state index contributed by atoms with van der Waals surface area (Å²) < 4.78 is 13.7. The molecular formula is C32H29FN2O2S. The summed E-state index contributed by atoms with van der Waals surface area (Å²) in [6, 6.07) is 27.9. The van der Waals surface area contributed by atoms with Crippen molar-refractivity contribution in [2.45, 2.75) is 37.3 Å². The van der Waals surface area contributed by atoms with Crippen molar-refractivity contribution in [1.82, 2.24) is 9.80 Å². The largest absolute Gasteiger partial charge is 0.330 e. The molecule has 2 amide bonds. The SMILES string of the molecule is O=C(C(c1ccccc1)c1ccccc1)N(CC(=O)N1CCc2sccc2C1c1ccc(F)cc1)C1CC1. The molecule has 3 aromatic carbocycles. The van der Waals surface area contributed by atoms with Crippen LogP contribution in [0.25, 0.3) is 0 Å². The van der Waals surface area contributed by atoms with Gasteiger partial charge in [0.1, 0.15) is 12.4 Å². The fourth-order valence-corrected chi connectivity index (χ4v) is 6.44. The van der Waals surface area contributed by atoms with E-state index in [0.717, 1.165) is 41.5 Å². The number of benzene rings is 3.